The quantitative estimate of drug-likeness (QED) is 0.782. The molecular weight excluding hydrogens is 213 g/mol. The Labute approximate surface area is 85.4 Å². The Bertz CT molecular complexity index is 328. The van der Waals surface area contributed by atoms with Gasteiger partial charge in [-0.15, -0.1) is 0 Å². The van der Waals surface area contributed by atoms with Gasteiger partial charge in [-0.3, -0.25) is 10.5 Å². The maximum absolute atomic E-state index is 10.3. The van der Waals surface area contributed by atoms with Crippen LogP contribution in [0.2, 0.25) is 10.0 Å². The Morgan fingerprint density at radius 3 is 2.62 bits per heavy atom. The molecule has 1 N–H and O–H groups in total. The third kappa shape index (κ3) is 3.13. The average molecular weight is 219 g/mol. The summed E-state index contributed by atoms with van der Waals surface area (Å²) in [6, 6.07) is 4.64. The van der Waals surface area contributed by atoms with E-state index in [4.69, 9.17) is 33.7 Å². The molecule has 0 fully saturated rings. The van der Waals surface area contributed by atoms with E-state index < -0.39 is 5.91 Å². The van der Waals surface area contributed by atoms with E-state index >= 15 is 0 Å². The molecule has 0 saturated carbocycles. The molecule has 0 spiro atoms. The zero-order valence-electron chi connectivity index (χ0n) is 6.51. The summed E-state index contributed by atoms with van der Waals surface area (Å²) in [5, 5.41) is 0.780. The van der Waals surface area contributed by atoms with Crippen molar-refractivity contribution in [3.8, 4) is 5.75 Å². The van der Waals surface area contributed by atoms with Crippen molar-refractivity contribution in [1.82, 2.24) is 5.73 Å². The first-order chi connectivity index (χ1) is 6.09. The van der Waals surface area contributed by atoms with Gasteiger partial charge in [-0.2, -0.15) is 0 Å². The minimum atomic E-state index is -0.786. The first kappa shape index (κ1) is 10.2. The van der Waals surface area contributed by atoms with Gasteiger partial charge in [0.05, 0.1) is 10.0 Å². The third-order valence-electron chi connectivity index (χ3n) is 1.26. The van der Waals surface area contributed by atoms with Crippen molar-refractivity contribution in [3.63, 3.8) is 0 Å². The zero-order valence-corrected chi connectivity index (χ0v) is 8.02. The lowest BCUT2D eigenvalue weighted by Gasteiger charge is -2.03. The van der Waals surface area contributed by atoms with Gasteiger partial charge in [-0.1, -0.05) is 23.2 Å². The van der Waals surface area contributed by atoms with E-state index in [9.17, 15) is 4.79 Å². The molecule has 1 rings (SSSR count). The highest BCUT2D eigenvalue weighted by Crippen LogP contribution is 2.26. The van der Waals surface area contributed by atoms with Gasteiger partial charge < -0.3 is 4.74 Å². The van der Waals surface area contributed by atoms with Gasteiger partial charge in [-0.05, 0) is 12.1 Å². The van der Waals surface area contributed by atoms with Crippen molar-refractivity contribution in [2.75, 3.05) is 6.61 Å². The van der Waals surface area contributed by atoms with Gasteiger partial charge in [0.15, 0.2) is 6.61 Å². The number of hydrogen-bond donors (Lipinski definition) is 0. The van der Waals surface area contributed by atoms with Crippen LogP contribution in [0.5, 0.6) is 5.75 Å². The normalized spacial score (nSPS) is 9.69. The van der Waals surface area contributed by atoms with Crippen molar-refractivity contribution in [2.45, 2.75) is 0 Å². The summed E-state index contributed by atoms with van der Waals surface area (Å²) in [4.78, 5) is 10.3. The number of benzene rings is 1. The first-order valence-corrected chi connectivity index (χ1v) is 4.17. The molecule has 1 aromatic rings. The summed E-state index contributed by atoms with van der Waals surface area (Å²) < 4.78 is 4.92. The van der Waals surface area contributed by atoms with Crippen molar-refractivity contribution < 1.29 is 9.53 Å². The maximum atomic E-state index is 10.3. The Kier molecular flexibility index (Phi) is 3.39. The molecule has 0 aliphatic carbocycles. The number of halogens is 2. The van der Waals surface area contributed by atoms with Crippen LogP contribution in [0.15, 0.2) is 18.2 Å². The number of carbonyl (C=O) groups is 1. The van der Waals surface area contributed by atoms with Gasteiger partial charge in [0.1, 0.15) is 5.75 Å². The fraction of sp³-hybridized carbons (Fsp3) is 0.125. The van der Waals surface area contributed by atoms with Crippen LogP contribution >= 0.6 is 23.2 Å². The monoisotopic (exact) mass is 218 g/mol. The maximum Gasteiger partial charge on any atom is 0.276 e. The van der Waals surface area contributed by atoms with Crippen LogP contribution in [-0.4, -0.2) is 12.5 Å². The Hall–Kier alpha value is -0.930. The zero-order chi connectivity index (χ0) is 9.84. The largest absolute Gasteiger partial charge is 0.484 e. The SMILES string of the molecule is [NH]C(=O)COc1ccc(Cl)c(Cl)c1. The van der Waals surface area contributed by atoms with Crippen LogP contribution in [0.3, 0.4) is 0 Å². The van der Waals surface area contributed by atoms with Crippen LogP contribution in [0, 0.1) is 0 Å². The molecule has 0 heterocycles. The lowest BCUT2D eigenvalue weighted by Crippen LogP contribution is -2.11. The molecule has 5 heteroatoms. The number of nitrogens with one attached hydrogen (secondary N) is 1. The van der Waals surface area contributed by atoms with E-state index in [2.05, 4.69) is 0 Å². The molecule has 1 amide bonds. The van der Waals surface area contributed by atoms with Crippen LogP contribution in [-0.2, 0) is 4.79 Å². The van der Waals surface area contributed by atoms with Gasteiger partial charge in [0.2, 0.25) is 0 Å². The minimum Gasteiger partial charge on any atom is -0.484 e. The fourth-order valence-electron chi connectivity index (χ4n) is 0.716. The van der Waals surface area contributed by atoms with Crippen molar-refractivity contribution in [2.24, 2.45) is 0 Å². The molecule has 0 atom stereocenters. The number of hydrogen-bond acceptors (Lipinski definition) is 2. The Morgan fingerprint density at radius 1 is 1.38 bits per heavy atom. The number of ether oxygens (including phenoxy) is 1. The predicted molar refractivity (Wildman–Crippen MR) is 50.1 cm³/mol. The first-order valence-electron chi connectivity index (χ1n) is 3.42. The van der Waals surface area contributed by atoms with Gasteiger partial charge in [0.25, 0.3) is 5.91 Å². The van der Waals surface area contributed by atoms with Crippen LogP contribution < -0.4 is 10.5 Å². The third-order valence-corrected chi connectivity index (χ3v) is 2.00. The summed E-state index contributed by atoms with van der Waals surface area (Å²) >= 11 is 11.3. The molecular formula is C8H6Cl2NO2. The van der Waals surface area contributed by atoms with Crippen LogP contribution in [0.4, 0.5) is 0 Å². The number of rotatable bonds is 3. The standard InChI is InChI=1S/C8H6Cl2NO2/c9-6-2-1-5(3-7(6)10)13-4-8(11)12/h1-3,11H,4H2. The molecule has 0 unspecified atom stereocenters. The number of carbonyl (C=O) groups excluding carboxylic acids is 1. The van der Waals surface area contributed by atoms with E-state index in [1.165, 1.54) is 6.07 Å². The molecule has 0 bridgehead atoms. The second-order valence-electron chi connectivity index (χ2n) is 2.29. The van der Waals surface area contributed by atoms with E-state index in [-0.39, 0.29) is 6.61 Å². The molecule has 69 valence electrons. The Morgan fingerprint density at radius 2 is 2.08 bits per heavy atom. The van der Waals surface area contributed by atoms with E-state index in [1.54, 1.807) is 12.1 Å². The lowest BCUT2D eigenvalue weighted by molar-refractivity contribution is -0.120. The highest BCUT2D eigenvalue weighted by molar-refractivity contribution is 6.42. The summed E-state index contributed by atoms with van der Waals surface area (Å²) in [5.41, 5.74) is 6.60. The predicted octanol–water partition coefficient (Wildman–Crippen LogP) is 2.18. The molecule has 0 aliphatic rings. The molecule has 0 aliphatic heterocycles. The Balaban J connectivity index is 2.68. The molecule has 3 nitrogen and oxygen atoms in total. The minimum absolute atomic E-state index is 0.280. The van der Waals surface area contributed by atoms with E-state index in [1.807, 2.05) is 0 Å². The van der Waals surface area contributed by atoms with Gasteiger partial charge >= 0.3 is 0 Å². The van der Waals surface area contributed by atoms with E-state index in [0.29, 0.717) is 15.8 Å². The summed E-state index contributed by atoms with van der Waals surface area (Å²) in [6.07, 6.45) is 0. The van der Waals surface area contributed by atoms with Crippen molar-refractivity contribution in [3.05, 3.63) is 28.2 Å². The summed E-state index contributed by atoms with van der Waals surface area (Å²) in [7, 11) is 0. The molecule has 1 aromatic carbocycles. The van der Waals surface area contributed by atoms with Crippen LogP contribution in [0.1, 0.15) is 0 Å². The smallest absolute Gasteiger partial charge is 0.276 e. The van der Waals surface area contributed by atoms with Crippen molar-refractivity contribution in [1.29, 1.82) is 0 Å². The number of amides is 1. The van der Waals surface area contributed by atoms with Gasteiger partial charge in [-0.25, -0.2) is 0 Å². The molecule has 0 saturated heterocycles. The molecule has 13 heavy (non-hydrogen) atoms. The second-order valence-corrected chi connectivity index (χ2v) is 3.10. The summed E-state index contributed by atoms with van der Waals surface area (Å²) in [5.74, 6) is -0.360. The fourth-order valence-corrected chi connectivity index (χ4v) is 1.00. The molecule has 1 radical (unpaired) electrons. The van der Waals surface area contributed by atoms with Crippen molar-refractivity contribution >= 4 is 29.1 Å². The van der Waals surface area contributed by atoms with Gasteiger partial charge in [0, 0.05) is 6.07 Å². The summed E-state index contributed by atoms with van der Waals surface area (Å²) in [6.45, 7) is -0.280. The highest BCUT2D eigenvalue weighted by atomic mass is 35.5. The molecule has 0 aromatic heterocycles. The second kappa shape index (κ2) is 4.35. The van der Waals surface area contributed by atoms with Crippen LogP contribution in [0.25, 0.3) is 0 Å². The highest BCUT2D eigenvalue weighted by Gasteiger charge is 2.01. The lowest BCUT2D eigenvalue weighted by atomic mass is 10.3. The van der Waals surface area contributed by atoms with E-state index in [0.717, 1.165) is 0 Å². The average Bonchev–Trinajstić information content (AvgIpc) is 2.07. The topological polar surface area (TPSA) is 50.1 Å².